The number of hydrogen-bond donors (Lipinski definition) is 2. The summed E-state index contributed by atoms with van der Waals surface area (Å²) in [6.07, 6.45) is -0.209. The van der Waals surface area contributed by atoms with E-state index in [1.165, 1.54) is 12.8 Å². The summed E-state index contributed by atoms with van der Waals surface area (Å²) in [5.41, 5.74) is 0.107. The molecule has 0 spiro atoms. The molecule has 0 amide bonds. The molecule has 0 unspecified atom stereocenters. The molecule has 1 aliphatic heterocycles. The minimum absolute atomic E-state index is 0. The fourth-order valence-electron chi connectivity index (χ4n) is 3.13. The van der Waals surface area contributed by atoms with Crippen molar-refractivity contribution in [3.63, 3.8) is 0 Å². The maximum Gasteiger partial charge on any atom is 0.434 e. The van der Waals surface area contributed by atoms with Crippen molar-refractivity contribution in [2.45, 2.75) is 46.0 Å². The van der Waals surface area contributed by atoms with Gasteiger partial charge in [-0.1, -0.05) is 13.0 Å². The SMILES string of the molecule is CCNC(=NCc1ccc(N2CCC(C)CC2)nc1)NCc1nc(C(F)(F)F)cs1.I. The maximum atomic E-state index is 12.7. The number of alkyl halides is 3. The van der Waals surface area contributed by atoms with Crippen LogP contribution in [0, 0.1) is 5.92 Å². The highest BCUT2D eigenvalue weighted by Gasteiger charge is 2.33. The molecule has 2 aromatic rings. The van der Waals surface area contributed by atoms with Crippen molar-refractivity contribution in [1.82, 2.24) is 20.6 Å². The lowest BCUT2D eigenvalue weighted by Crippen LogP contribution is -2.36. The van der Waals surface area contributed by atoms with E-state index in [0.29, 0.717) is 24.1 Å². The fraction of sp³-hybridized carbons (Fsp3) is 0.550. The number of aromatic nitrogens is 2. The molecule has 1 aliphatic rings. The van der Waals surface area contributed by atoms with Gasteiger partial charge < -0.3 is 15.5 Å². The molecule has 3 rings (SSSR count). The second kappa shape index (κ2) is 11.8. The number of pyridine rings is 1. The van der Waals surface area contributed by atoms with Crippen molar-refractivity contribution in [3.05, 3.63) is 40.0 Å². The van der Waals surface area contributed by atoms with E-state index in [2.05, 4.69) is 37.4 Å². The number of guanidine groups is 1. The van der Waals surface area contributed by atoms with Gasteiger partial charge in [-0.05, 0) is 37.3 Å². The number of nitrogens with zero attached hydrogens (tertiary/aromatic N) is 4. The summed E-state index contributed by atoms with van der Waals surface area (Å²) < 4.78 is 38.0. The van der Waals surface area contributed by atoms with E-state index in [4.69, 9.17) is 0 Å². The van der Waals surface area contributed by atoms with Gasteiger partial charge in [0, 0.05) is 31.2 Å². The van der Waals surface area contributed by atoms with Crippen LogP contribution in [0.2, 0.25) is 0 Å². The second-order valence-corrected chi connectivity index (χ2v) is 8.31. The van der Waals surface area contributed by atoms with Crippen LogP contribution in [0.4, 0.5) is 19.0 Å². The molecule has 0 aromatic carbocycles. The Balaban J connectivity index is 0.00000341. The Kier molecular flexibility index (Phi) is 9.79. The molecular formula is C20H28F3IN6S. The third kappa shape index (κ3) is 7.78. The van der Waals surface area contributed by atoms with Crippen molar-refractivity contribution in [3.8, 4) is 0 Å². The Morgan fingerprint density at radius 2 is 2.00 bits per heavy atom. The van der Waals surface area contributed by atoms with Crippen LogP contribution < -0.4 is 15.5 Å². The summed E-state index contributed by atoms with van der Waals surface area (Å²) in [4.78, 5) is 15.0. The number of nitrogens with one attached hydrogen (secondary N) is 2. The van der Waals surface area contributed by atoms with Crippen molar-refractivity contribution in [2.24, 2.45) is 10.9 Å². The number of aliphatic imine (C=N–C) groups is 1. The number of anilines is 1. The third-order valence-electron chi connectivity index (χ3n) is 4.93. The van der Waals surface area contributed by atoms with E-state index in [1.807, 2.05) is 25.3 Å². The van der Waals surface area contributed by atoms with Crippen LogP contribution in [0.3, 0.4) is 0 Å². The maximum absolute atomic E-state index is 12.7. The summed E-state index contributed by atoms with van der Waals surface area (Å²) in [6, 6.07) is 4.04. The van der Waals surface area contributed by atoms with E-state index in [-0.39, 0.29) is 30.5 Å². The molecule has 0 saturated carbocycles. The van der Waals surface area contributed by atoms with Crippen LogP contribution in [0.1, 0.15) is 43.0 Å². The topological polar surface area (TPSA) is 65.4 Å². The van der Waals surface area contributed by atoms with Gasteiger partial charge in [0.25, 0.3) is 0 Å². The molecule has 0 atom stereocenters. The molecule has 0 radical (unpaired) electrons. The molecule has 2 aromatic heterocycles. The van der Waals surface area contributed by atoms with E-state index >= 15 is 0 Å². The highest BCUT2D eigenvalue weighted by molar-refractivity contribution is 14.0. The van der Waals surface area contributed by atoms with Gasteiger partial charge in [0.2, 0.25) is 0 Å². The number of rotatable bonds is 6. The second-order valence-electron chi connectivity index (χ2n) is 7.37. The van der Waals surface area contributed by atoms with E-state index in [1.54, 1.807) is 0 Å². The van der Waals surface area contributed by atoms with Crippen molar-refractivity contribution >= 4 is 47.1 Å². The Bertz CT molecular complexity index is 832. The van der Waals surface area contributed by atoms with Crippen LogP contribution in [0.25, 0.3) is 0 Å². The molecule has 1 saturated heterocycles. The normalized spacial score (nSPS) is 15.5. The smallest absolute Gasteiger partial charge is 0.357 e. The van der Waals surface area contributed by atoms with E-state index < -0.39 is 11.9 Å². The van der Waals surface area contributed by atoms with Crippen molar-refractivity contribution < 1.29 is 13.2 Å². The van der Waals surface area contributed by atoms with Gasteiger partial charge in [-0.3, -0.25) is 0 Å². The zero-order chi connectivity index (χ0) is 21.6. The number of thiazole rings is 1. The summed E-state index contributed by atoms with van der Waals surface area (Å²) in [5.74, 6) is 2.29. The summed E-state index contributed by atoms with van der Waals surface area (Å²) in [5, 5.41) is 7.50. The van der Waals surface area contributed by atoms with Crippen LogP contribution in [0.5, 0.6) is 0 Å². The monoisotopic (exact) mass is 568 g/mol. The summed E-state index contributed by atoms with van der Waals surface area (Å²) in [6.45, 7) is 7.52. The molecule has 172 valence electrons. The lowest BCUT2D eigenvalue weighted by atomic mass is 9.99. The minimum atomic E-state index is -4.42. The molecule has 6 nitrogen and oxygen atoms in total. The zero-order valence-corrected chi connectivity index (χ0v) is 20.7. The number of hydrogen-bond acceptors (Lipinski definition) is 5. The Hall–Kier alpha value is -1.63. The predicted octanol–water partition coefficient (Wildman–Crippen LogP) is 4.67. The van der Waals surface area contributed by atoms with Gasteiger partial charge in [0.05, 0.1) is 13.1 Å². The van der Waals surface area contributed by atoms with Crippen LogP contribution in [-0.2, 0) is 19.3 Å². The van der Waals surface area contributed by atoms with Crippen LogP contribution in [0.15, 0.2) is 28.7 Å². The first-order valence-corrected chi connectivity index (χ1v) is 11.0. The molecule has 2 N–H and O–H groups in total. The number of piperidine rings is 1. The largest absolute Gasteiger partial charge is 0.434 e. The quantitative estimate of drug-likeness (QED) is 0.302. The Morgan fingerprint density at radius 3 is 2.58 bits per heavy atom. The van der Waals surface area contributed by atoms with E-state index in [0.717, 1.165) is 47.1 Å². The van der Waals surface area contributed by atoms with Crippen LogP contribution >= 0.6 is 35.3 Å². The standard InChI is InChI=1S/C20H27F3N6S.HI/c1-3-24-19(27-12-18-28-16(13-30-18)20(21,22)23)26-11-15-4-5-17(25-10-15)29-8-6-14(2)7-9-29;/h4-5,10,13-14H,3,6-9,11-12H2,1-2H3,(H2,24,26,27);1H. The lowest BCUT2D eigenvalue weighted by Gasteiger charge is -2.31. The minimum Gasteiger partial charge on any atom is -0.357 e. The first kappa shape index (κ1) is 25.6. The summed E-state index contributed by atoms with van der Waals surface area (Å²) >= 11 is 0.975. The van der Waals surface area contributed by atoms with Gasteiger partial charge in [0.15, 0.2) is 11.7 Å². The van der Waals surface area contributed by atoms with Gasteiger partial charge in [0.1, 0.15) is 10.8 Å². The molecule has 11 heteroatoms. The van der Waals surface area contributed by atoms with Gasteiger partial charge in [-0.25, -0.2) is 15.0 Å². The molecular weight excluding hydrogens is 540 g/mol. The number of halogens is 4. The van der Waals surface area contributed by atoms with Crippen LogP contribution in [-0.4, -0.2) is 35.6 Å². The first-order chi connectivity index (χ1) is 14.3. The molecule has 0 aliphatic carbocycles. The van der Waals surface area contributed by atoms with Crippen molar-refractivity contribution in [1.29, 1.82) is 0 Å². The predicted molar refractivity (Wildman–Crippen MR) is 129 cm³/mol. The average Bonchev–Trinajstić information content (AvgIpc) is 3.21. The Morgan fingerprint density at radius 1 is 1.26 bits per heavy atom. The molecule has 31 heavy (non-hydrogen) atoms. The van der Waals surface area contributed by atoms with Gasteiger partial charge in [-0.15, -0.1) is 35.3 Å². The summed E-state index contributed by atoms with van der Waals surface area (Å²) in [7, 11) is 0. The van der Waals surface area contributed by atoms with E-state index in [9.17, 15) is 13.2 Å². The average molecular weight is 568 g/mol. The fourth-order valence-corrected chi connectivity index (χ4v) is 3.87. The van der Waals surface area contributed by atoms with Gasteiger partial charge in [-0.2, -0.15) is 13.2 Å². The highest BCUT2D eigenvalue weighted by Crippen LogP contribution is 2.29. The first-order valence-electron chi connectivity index (χ1n) is 10.1. The highest BCUT2D eigenvalue weighted by atomic mass is 127. The Labute approximate surface area is 201 Å². The molecule has 0 bridgehead atoms. The third-order valence-corrected chi connectivity index (χ3v) is 5.78. The van der Waals surface area contributed by atoms with Crippen molar-refractivity contribution in [2.75, 3.05) is 24.5 Å². The lowest BCUT2D eigenvalue weighted by molar-refractivity contribution is -0.140. The zero-order valence-electron chi connectivity index (χ0n) is 17.6. The molecule has 3 heterocycles. The molecule has 1 fully saturated rings. The van der Waals surface area contributed by atoms with Gasteiger partial charge >= 0.3 is 6.18 Å².